The molecule has 6 nitrogen and oxygen atoms in total. The maximum absolute atomic E-state index is 12.5. The van der Waals surface area contributed by atoms with Crippen LogP contribution >= 0.6 is 11.3 Å². The van der Waals surface area contributed by atoms with E-state index < -0.39 is 0 Å². The van der Waals surface area contributed by atoms with Gasteiger partial charge in [0.15, 0.2) is 5.13 Å². The number of hydrogen-bond donors (Lipinski definition) is 2. The third-order valence-electron chi connectivity index (χ3n) is 5.44. The number of hydrogen-bond acceptors (Lipinski definition) is 5. The molecule has 2 amide bonds. The number of nitrogens with zero attached hydrogens (tertiary/aromatic N) is 1. The fourth-order valence-corrected chi connectivity index (χ4v) is 4.41. The Bertz CT molecular complexity index is 1290. The summed E-state index contributed by atoms with van der Waals surface area (Å²) >= 11 is 1.38. The molecule has 1 unspecified atom stereocenters. The van der Waals surface area contributed by atoms with E-state index in [9.17, 15) is 9.59 Å². The summed E-state index contributed by atoms with van der Waals surface area (Å²) in [7, 11) is 0. The van der Waals surface area contributed by atoms with Crippen LogP contribution in [0.3, 0.4) is 0 Å². The fraction of sp³-hybridized carbons (Fsp3) is 0.179. The Balaban J connectivity index is 1.31. The zero-order valence-corrected chi connectivity index (χ0v) is 20.5. The molecule has 1 atom stereocenters. The molecule has 0 aliphatic rings. The Morgan fingerprint density at radius 3 is 2.40 bits per heavy atom. The van der Waals surface area contributed by atoms with Gasteiger partial charge in [0, 0.05) is 23.4 Å². The van der Waals surface area contributed by atoms with Crippen LogP contribution < -0.4 is 15.4 Å². The fourth-order valence-electron chi connectivity index (χ4n) is 3.68. The standard InChI is InChI=1S/C28H27N3O3S/c1-19(29-20(2)32)21-12-14-23(15-13-21)25-18-35-28(30-25)31-27(33)16-17-34-26-11-7-6-10-24(26)22-8-4-3-5-9-22/h3-15,18-19H,16-17H2,1-2H3,(H,29,32)(H,30,31,33). The number of nitrogens with one attached hydrogen (secondary N) is 2. The van der Waals surface area contributed by atoms with Crippen molar-refractivity contribution in [1.82, 2.24) is 10.3 Å². The van der Waals surface area contributed by atoms with Gasteiger partial charge in [0.1, 0.15) is 5.75 Å². The highest BCUT2D eigenvalue weighted by Crippen LogP contribution is 2.30. The van der Waals surface area contributed by atoms with Crippen molar-refractivity contribution in [3.63, 3.8) is 0 Å². The van der Waals surface area contributed by atoms with E-state index in [0.717, 1.165) is 33.7 Å². The molecule has 2 N–H and O–H groups in total. The molecular formula is C28H27N3O3S. The average Bonchev–Trinajstić information content (AvgIpc) is 3.33. The summed E-state index contributed by atoms with van der Waals surface area (Å²) in [4.78, 5) is 28.2. The summed E-state index contributed by atoms with van der Waals surface area (Å²) in [5.41, 5.74) is 4.82. The number of rotatable bonds is 9. The molecule has 35 heavy (non-hydrogen) atoms. The molecule has 0 radical (unpaired) electrons. The van der Waals surface area contributed by atoms with E-state index in [1.165, 1.54) is 18.3 Å². The van der Waals surface area contributed by atoms with Crippen molar-refractivity contribution >= 4 is 28.3 Å². The molecule has 0 fully saturated rings. The lowest BCUT2D eigenvalue weighted by Crippen LogP contribution is -2.23. The molecule has 0 saturated carbocycles. The maximum atomic E-state index is 12.5. The Hall–Kier alpha value is -3.97. The Morgan fingerprint density at radius 2 is 1.66 bits per heavy atom. The van der Waals surface area contributed by atoms with Crippen LogP contribution in [0.25, 0.3) is 22.4 Å². The summed E-state index contributed by atoms with van der Waals surface area (Å²) in [5, 5.41) is 8.19. The van der Waals surface area contributed by atoms with E-state index in [-0.39, 0.29) is 30.9 Å². The number of aromatic nitrogens is 1. The minimum atomic E-state index is -0.150. The molecule has 1 aromatic heterocycles. The molecule has 0 aliphatic carbocycles. The van der Waals surface area contributed by atoms with Crippen LogP contribution in [0.4, 0.5) is 5.13 Å². The Labute approximate surface area is 209 Å². The van der Waals surface area contributed by atoms with Crippen LogP contribution in [0.5, 0.6) is 5.75 Å². The van der Waals surface area contributed by atoms with Crippen LogP contribution in [0.2, 0.25) is 0 Å². The molecule has 4 rings (SSSR count). The molecule has 0 bridgehead atoms. The third kappa shape index (κ3) is 6.55. The zero-order valence-electron chi connectivity index (χ0n) is 19.7. The number of carbonyl (C=O) groups excluding carboxylic acids is 2. The van der Waals surface area contributed by atoms with Crippen LogP contribution in [0.1, 0.15) is 31.9 Å². The van der Waals surface area contributed by atoms with Crippen LogP contribution in [0, 0.1) is 0 Å². The number of benzene rings is 3. The van der Waals surface area contributed by atoms with Crippen molar-refractivity contribution < 1.29 is 14.3 Å². The topological polar surface area (TPSA) is 80.3 Å². The number of carbonyl (C=O) groups is 2. The summed E-state index contributed by atoms with van der Waals surface area (Å²) in [6.07, 6.45) is 0.216. The quantitative estimate of drug-likeness (QED) is 0.301. The van der Waals surface area contributed by atoms with Gasteiger partial charge in [-0.05, 0) is 24.1 Å². The summed E-state index contributed by atoms with van der Waals surface area (Å²) in [6, 6.07) is 25.6. The number of para-hydroxylation sites is 1. The Morgan fingerprint density at radius 1 is 0.943 bits per heavy atom. The highest BCUT2D eigenvalue weighted by molar-refractivity contribution is 7.14. The highest BCUT2D eigenvalue weighted by atomic mass is 32.1. The van der Waals surface area contributed by atoms with Gasteiger partial charge in [-0.25, -0.2) is 4.98 Å². The van der Waals surface area contributed by atoms with Crippen molar-refractivity contribution in [2.24, 2.45) is 0 Å². The summed E-state index contributed by atoms with van der Waals surface area (Å²) < 4.78 is 5.92. The minimum Gasteiger partial charge on any atom is -0.492 e. The van der Waals surface area contributed by atoms with Gasteiger partial charge in [-0.2, -0.15) is 0 Å². The van der Waals surface area contributed by atoms with Gasteiger partial charge in [-0.3, -0.25) is 9.59 Å². The average molecular weight is 486 g/mol. The van der Waals surface area contributed by atoms with Crippen LogP contribution in [-0.2, 0) is 9.59 Å². The second kappa shape index (κ2) is 11.4. The molecule has 3 aromatic carbocycles. The molecule has 0 saturated heterocycles. The van der Waals surface area contributed by atoms with Gasteiger partial charge < -0.3 is 15.4 Å². The van der Waals surface area contributed by atoms with E-state index in [1.54, 1.807) is 0 Å². The lowest BCUT2D eigenvalue weighted by atomic mass is 10.1. The molecule has 0 aliphatic heterocycles. The smallest absolute Gasteiger partial charge is 0.229 e. The van der Waals surface area contributed by atoms with Gasteiger partial charge in [0.25, 0.3) is 0 Å². The molecule has 4 aromatic rings. The van der Waals surface area contributed by atoms with E-state index >= 15 is 0 Å². The van der Waals surface area contributed by atoms with Crippen LogP contribution in [-0.4, -0.2) is 23.4 Å². The number of anilines is 1. The van der Waals surface area contributed by atoms with Crippen molar-refractivity contribution in [2.75, 3.05) is 11.9 Å². The molecule has 0 spiro atoms. The monoisotopic (exact) mass is 485 g/mol. The summed E-state index contributed by atoms with van der Waals surface area (Å²) in [6.45, 7) is 3.71. The second-order valence-corrected chi connectivity index (χ2v) is 8.95. The predicted octanol–water partition coefficient (Wildman–Crippen LogP) is 6.08. The number of amides is 2. The highest BCUT2D eigenvalue weighted by Gasteiger charge is 2.11. The van der Waals surface area contributed by atoms with Crippen molar-refractivity contribution in [3.8, 4) is 28.1 Å². The van der Waals surface area contributed by atoms with Gasteiger partial charge >= 0.3 is 0 Å². The first-order chi connectivity index (χ1) is 17.0. The van der Waals surface area contributed by atoms with Crippen molar-refractivity contribution in [2.45, 2.75) is 26.3 Å². The first-order valence-electron chi connectivity index (χ1n) is 11.4. The Kier molecular flexibility index (Phi) is 7.90. The molecule has 1 heterocycles. The summed E-state index contributed by atoms with van der Waals surface area (Å²) in [5.74, 6) is 0.536. The van der Waals surface area contributed by atoms with Crippen LogP contribution in [0.15, 0.2) is 84.2 Å². The van der Waals surface area contributed by atoms with Gasteiger partial charge in [0.05, 0.1) is 24.8 Å². The van der Waals surface area contributed by atoms with Gasteiger partial charge in [-0.15, -0.1) is 11.3 Å². The molecule has 178 valence electrons. The molecule has 7 heteroatoms. The van der Waals surface area contributed by atoms with Gasteiger partial charge in [-0.1, -0.05) is 72.8 Å². The predicted molar refractivity (Wildman–Crippen MR) is 140 cm³/mol. The van der Waals surface area contributed by atoms with E-state index in [0.29, 0.717) is 5.13 Å². The van der Waals surface area contributed by atoms with Crippen molar-refractivity contribution in [3.05, 3.63) is 89.8 Å². The first kappa shape index (κ1) is 24.2. The number of thiazole rings is 1. The third-order valence-corrected chi connectivity index (χ3v) is 6.19. The lowest BCUT2D eigenvalue weighted by Gasteiger charge is -2.13. The maximum Gasteiger partial charge on any atom is 0.229 e. The van der Waals surface area contributed by atoms with E-state index in [4.69, 9.17) is 4.74 Å². The largest absolute Gasteiger partial charge is 0.492 e. The zero-order chi connectivity index (χ0) is 24.6. The van der Waals surface area contributed by atoms with Crippen molar-refractivity contribution in [1.29, 1.82) is 0 Å². The van der Waals surface area contributed by atoms with Gasteiger partial charge in [0.2, 0.25) is 11.8 Å². The number of ether oxygens (including phenoxy) is 1. The van der Waals surface area contributed by atoms with E-state index in [2.05, 4.69) is 15.6 Å². The first-order valence-corrected chi connectivity index (χ1v) is 12.3. The second-order valence-electron chi connectivity index (χ2n) is 8.09. The lowest BCUT2D eigenvalue weighted by molar-refractivity contribution is -0.119. The minimum absolute atomic E-state index is 0.0614. The SMILES string of the molecule is CC(=O)NC(C)c1ccc(-c2csc(NC(=O)CCOc3ccccc3-c3ccccc3)n2)cc1. The van der Waals surface area contributed by atoms with E-state index in [1.807, 2.05) is 91.2 Å². The normalized spacial score (nSPS) is 11.5. The molecular weight excluding hydrogens is 458 g/mol.